The number of anilines is 2. The number of hydrogen-bond acceptors (Lipinski definition) is 8. The molecule has 1 amide bonds. The summed E-state index contributed by atoms with van der Waals surface area (Å²) in [5.41, 5.74) is 1.07. The van der Waals surface area contributed by atoms with Gasteiger partial charge in [0.05, 0.1) is 24.3 Å². The van der Waals surface area contributed by atoms with E-state index in [0.717, 1.165) is 9.87 Å². The third-order valence-corrected chi connectivity index (χ3v) is 7.72. The van der Waals surface area contributed by atoms with Crippen LogP contribution < -0.4 is 19.1 Å². The Morgan fingerprint density at radius 3 is 2.36 bits per heavy atom. The molecule has 11 heteroatoms. The lowest BCUT2D eigenvalue weighted by Gasteiger charge is -2.25. The number of sulfonamides is 1. The van der Waals surface area contributed by atoms with Crippen molar-refractivity contribution < 1.29 is 22.7 Å². The minimum atomic E-state index is -4.08. The predicted octanol–water partition coefficient (Wildman–Crippen LogP) is 4.45. The van der Waals surface area contributed by atoms with Crippen LogP contribution in [0.2, 0.25) is 0 Å². The number of aromatic nitrogens is 2. The molecule has 3 aromatic carbocycles. The van der Waals surface area contributed by atoms with Gasteiger partial charge < -0.3 is 9.47 Å². The molecule has 1 heterocycles. The molecule has 0 radical (unpaired) electrons. The molecule has 186 valence electrons. The first-order valence-corrected chi connectivity index (χ1v) is 13.3. The Balaban J connectivity index is 1.60. The molecule has 0 aliphatic carbocycles. The fourth-order valence-corrected chi connectivity index (χ4v) is 5.59. The third kappa shape index (κ3) is 5.64. The Labute approximate surface area is 213 Å². The van der Waals surface area contributed by atoms with Gasteiger partial charge in [-0.25, -0.2) is 8.42 Å². The van der Waals surface area contributed by atoms with Crippen LogP contribution in [0.5, 0.6) is 11.5 Å². The Bertz CT molecular complexity index is 1420. The molecule has 0 aliphatic rings. The number of carbonyl (C=O) groups excluding carboxylic acids is 1. The Morgan fingerprint density at radius 1 is 0.972 bits per heavy atom. The second-order valence-electron chi connectivity index (χ2n) is 7.41. The molecule has 0 spiro atoms. The van der Waals surface area contributed by atoms with Crippen LogP contribution in [0.25, 0.3) is 10.6 Å². The van der Waals surface area contributed by atoms with Gasteiger partial charge in [-0.1, -0.05) is 41.7 Å². The summed E-state index contributed by atoms with van der Waals surface area (Å²) in [5.74, 6) is 0.493. The molecule has 1 N–H and O–H groups in total. The zero-order valence-electron chi connectivity index (χ0n) is 19.6. The molecule has 1 aromatic heterocycles. The highest BCUT2D eigenvalue weighted by Crippen LogP contribution is 2.33. The lowest BCUT2D eigenvalue weighted by atomic mass is 10.2. The lowest BCUT2D eigenvalue weighted by Crippen LogP contribution is -2.38. The van der Waals surface area contributed by atoms with Crippen LogP contribution in [0.15, 0.2) is 83.8 Å². The summed E-state index contributed by atoms with van der Waals surface area (Å²) in [6, 6.07) is 21.9. The highest BCUT2D eigenvalue weighted by atomic mass is 32.2. The van der Waals surface area contributed by atoms with Crippen molar-refractivity contribution in [1.82, 2.24) is 10.2 Å². The van der Waals surface area contributed by atoms with E-state index in [1.165, 1.54) is 23.5 Å². The molecule has 0 saturated carbocycles. The molecular formula is C25H24N4O5S2. The minimum Gasteiger partial charge on any atom is -0.497 e. The van der Waals surface area contributed by atoms with Crippen molar-refractivity contribution in [2.45, 2.75) is 11.8 Å². The predicted molar refractivity (Wildman–Crippen MR) is 139 cm³/mol. The Kier molecular flexibility index (Phi) is 7.81. The second kappa shape index (κ2) is 11.2. The maximum Gasteiger partial charge on any atom is 0.264 e. The monoisotopic (exact) mass is 524 g/mol. The van der Waals surface area contributed by atoms with E-state index in [-0.39, 0.29) is 15.7 Å². The van der Waals surface area contributed by atoms with E-state index in [1.54, 1.807) is 68.6 Å². The van der Waals surface area contributed by atoms with Gasteiger partial charge in [-0.2, -0.15) is 0 Å². The molecule has 0 saturated heterocycles. The number of benzene rings is 3. The lowest BCUT2D eigenvalue weighted by molar-refractivity contribution is -0.114. The molecule has 9 nitrogen and oxygen atoms in total. The van der Waals surface area contributed by atoms with E-state index in [4.69, 9.17) is 9.47 Å². The molecule has 36 heavy (non-hydrogen) atoms. The maximum atomic E-state index is 13.6. The molecule has 0 aliphatic heterocycles. The average Bonchev–Trinajstić information content (AvgIpc) is 3.37. The first kappa shape index (κ1) is 25.1. The number of ether oxygens (including phenoxy) is 2. The highest BCUT2D eigenvalue weighted by Gasteiger charge is 2.29. The fourth-order valence-electron chi connectivity index (χ4n) is 3.37. The first-order chi connectivity index (χ1) is 17.4. The van der Waals surface area contributed by atoms with Crippen molar-refractivity contribution in [3.63, 3.8) is 0 Å². The minimum absolute atomic E-state index is 0.0572. The van der Waals surface area contributed by atoms with Crippen LogP contribution in [-0.2, 0) is 14.8 Å². The van der Waals surface area contributed by atoms with Gasteiger partial charge in [0.1, 0.15) is 23.1 Å². The number of amides is 1. The second-order valence-corrected chi connectivity index (χ2v) is 10.3. The topological polar surface area (TPSA) is 111 Å². The van der Waals surface area contributed by atoms with Gasteiger partial charge in [-0.15, -0.1) is 10.2 Å². The van der Waals surface area contributed by atoms with E-state index in [2.05, 4.69) is 15.5 Å². The van der Waals surface area contributed by atoms with Crippen molar-refractivity contribution in [2.75, 3.05) is 29.9 Å². The number of para-hydroxylation sites is 2. The van der Waals surface area contributed by atoms with Crippen LogP contribution in [0.1, 0.15) is 6.92 Å². The number of rotatable bonds is 10. The smallest absolute Gasteiger partial charge is 0.264 e. The molecule has 0 unspecified atom stereocenters. The van der Waals surface area contributed by atoms with Crippen molar-refractivity contribution in [3.05, 3.63) is 78.9 Å². The quantitative estimate of drug-likeness (QED) is 0.326. The fraction of sp³-hybridized carbons (Fsp3) is 0.160. The Morgan fingerprint density at radius 2 is 1.67 bits per heavy atom. The highest BCUT2D eigenvalue weighted by molar-refractivity contribution is 7.92. The van der Waals surface area contributed by atoms with Crippen molar-refractivity contribution in [1.29, 1.82) is 0 Å². The molecular weight excluding hydrogens is 500 g/mol. The molecule has 0 atom stereocenters. The van der Waals surface area contributed by atoms with Crippen LogP contribution in [-0.4, -0.2) is 44.8 Å². The van der Waals surface area contributed by atoms with E-state index < -0.39 is 22.5 Å². The summed E-state index contributed by atoms with van der Waals surface area (Å²) < 4.78 is 39.0. The maximum absolute atomic E-state index is 13.6. The van der Waals surface area contributed by atoms with Crippen molar-refractivity contribution >= 4 is 38.1 Å². The summed E-state index contributed by atoms with van der Waals surface area (Å²) in [4.78, 5) is 13.1. The average molecular weight is 525 g/mol. The SMILES string of the molecule is CCOc1ccccc1N(CC(=O)Nc1nnc(-c2ccc(OC)cc2)s1)S(=O)(=O)c1ccccc1. The van der Waals surface area contributed by atoms with Crippen LogP contribution in [0.3, 0.4) is 0 Å². The van der Waals surface area contributed by atoms with Gasteiger partial charge >= 0.3 is 0 Å². The van der Waals surface area contributed by atoms with E-state index >= 15 is 0 Å². The largest absolute Gasteiger partial charge is 0.497 e. The normalized spacial score (nSPS) is 11.1. The van der Waals surface area contributed by atoms with Crippen LogP contribution in [0, 0.1) is 0 Å². The third-order valence-electron chi connectivity index (χ3n) is 5.06. The molecule has 4 aromatic rings. The molecule has 0 fully saturated rings. The molecule has 4 rings (SSSR count). The van der Waals surface area contributed by atoms with Crippen LogP contribution in [0.4, 0.5) is 10.8 Å². The van der Waals surface area contributed by atoms with Crippen molar-refractivity contribution in [3.8, 4) is 22.1 Å². The van der Waals surface area contributed by atoms with Crippen LogP contribution >= 0.6 is 11.3 Å². The van der Waals surface area contributed by atoms with Crippen molar-refractivity contribution in [2.24, 2.45) is 0 Å². The van der Waals surface area contributed by atoms with Gasteiger partial charge in [0, 0.05) is 5.56 Å². The summed E-state index contributed by atoms with van der Waals surface area (Å²) >= 11 is 1.18. The van der Waals surface area contributed by atoms with Gasteiger partial charge in [-0.3, -0.25) is 14.4 Å². The Hall–Kier alpha value is -3.96. The number of nitrogens with zero attached hydrogens (tertiary/aromatic N) is 3. The number of carbonyl (C=O) groups is 1. The summed E-state index contributed by atoms with van der Waals surface area (Å²) in [5, 5.41) is 11.7. The summed E-state index contributed by atoms with van der Waals surface area (Å²) in [7, 11) is -2.49. The van der Waals surface area contributed by atoms with Gasteiger partial charge in [-0.05, 0) is 55.5 Å². The van der Waals surface area contributed by atoms with Gasteiger partial charge in [0.25, 0.3) is 10.0 Å². The van der Waals surface area contributed by atoms with E-state index in [1.807, 2.05) is 12.1 Å². The number of methoxy groups -OCH3 is 1. The standard InChI is InChI=1S/C25H24N4O5S2/c1-3-34-22-12-8-7-11-21(22)29(36(31,32)20-9-5-4-6-10-20)17-23(30)26-25-28-27-24(35-25)18-13-15-19(33-2)16-14-18/h4-16H,3,17H2,1-2H3,(H,26,28,30). The number of nitrogens with one attached hydrogen (secondary N) is 1. The summed E-state index contributed by atoms with van der Waals surface area (Å²) in [6.45, 7) is 1.65. The van der Waals surface area contributed by atoms with Gasteiger partial charge in [0.2, 0.25) is 11.0 Å². The summed E-state index contributed by atoms with van der Waals surface area (Å²) in [6.07, 6.45) is 0. The molecule has 0 bridgehead atoms. The van der Waals surface area contributed by atoms with E-state index in [0.29, 0.717) is 23.1 Å². The van der Waals surface area contributed by atoms with Gasteiger partial charge in [0.15, 0.2) is 0 Å². The number of hydrogen-bond donors (Lipinski definition) is 1. The zero-order valence-corrected chi connectivity index (χ0v) is 21.3. The van der Waals surface area contributed by atoms with E-state index in [9.17, 15) is 13.2 Å². The first-order valence-electron chi connectivity index (χ1n) is 11.0. The zero-order chi connectivity index (χ0) is 25.5.